The fourth-order valence-corrected chi connectivity index (χ4v) is 8.76. The highest BCUT2D eigenvalue weighted by molar-refractivity contribution is 6.42. The molecule has 3 aliphatic heterocycles. The van der Waals surface area contributed by atoms with Crippen molar-refractivity contribution in [3.8, 4) is 11.4 Å². The van der Waals surface area contributed by atoms with E-state index in [1.165, 1.54) is 11.0 Å². The van der Waals surface area contributed by atoms with E-state index in [9.17, 15) is 14.4 Å². The number of tetrazole rings is 1. The van der Waals surface area contributed by atoms with Crippen LogP contribution in [0.1, 0.15) is 54.1 Å². The molecule has 3 fully saturated rings. The third-order valence-electron chi connectivity index (χ3n) is 11.8. The quantitative estimate of drug-likeness (QED) is 0.194. The third kappa shape index (κ3) is 9.04. The van der Waals surface area contributed by atoms with Gasteiger partial charge >= 0.3 is 12.0 Å². The van der Waals surface area contributed by atoms with Crippen LogP contribution in [0.15, 0.2) is 73.1 Å². The van der Waals surface area contributed by atoms with Crippen LogP contribution >= 0.6 is 23.2 Å². The number of carbonyl (C=O) groups excluding carboxylic acids is 3. The summed E-state index contributed by atoms with van der Waals surface area (Å²) in [4.78, 5) is 48.3. The number of benzene rings is 3. The van der Waals surface area contributed by atoms with Crippen molar-refractivity contribution in [2.75, 3.05) is 79.2 Å². The minimum atomic E-state index is -0.523. The second-order valence-corrected chi connectivity index (χ2v) is 15.9. The average molecular weight is 819 g/mol. The lowest BCUT2D eigenvalue weighted by Crippen LogP contribution is -2.59. The number of halogens is 2. The molecule has 0 unspecified atom stereocenters. The van der Waals surface area contributed by atoms with E-state index in [2.05, 4.69) is 37.9 Å². The minimum absolute atomic E-state index is 0.0857. The molecule has 302 valence electrons. The maximum atomic E-state index is 14.3. The zero-order valence-electron chi connectivity index (χ0n) is 32.4. The number of methoxy groups -OCH3 is 1. The number of hydrogen-bond acceptors (Lipinski definition) is 10. The van der Waals surface area contributed by atoms with Crippen molar-refractivity contribution in [1.82, 2.24) is 45.1 Å². The van der Waals surface area contributed by atoms with Crippen LogP contribution in [0.4, 0.5) is 4.79 Å². The Hall–Kier alpha value is -4.76. The first-order valence-electron chi connectivity index (χ1n) is 19.5. The van der Waals surface area contributed by atoms with Gasteiger partial charge in [0.25, 0.3) is 5.91 Å². The molecule has 3 amide bonds. The Balaban J connectivity index is 1.04. The molecule has 57 heavy (non-hydrogen) atoms. The van der Waals surface area contributed by atoms with E-state index < -0.39 is 5.54 Å². The molecule has 0 radical (unpaired) electrons. The summed E-state index contributed by atoms with van der Waals surface area (Å²) >= 11 is 13.0. The third-order valence-corrected chi connectivity index (χ3v) is 12.5. The normalized spacial score (nSPS) is 20.0. The number of esters is 1. The minimum Gasteiger partial charge on any atom is -0.496 e. The van der Waals surface area contributed by atoms with Gasteiger partial charge in [0, 0.05) is 57.8 Å². The van der Waals surface area contributed by atoms with Gasteiger partial charge in [-0.15, -0.1) is 5.10 Å². The Kier molecular flexibility index (Phi) is 12.6. The van der Waals surface area contributed by atoms with Crippen LogP contribution in [-0.2, 0) is 20.5 Å². The summed E-state index contributed by atoms with van der Waals surface area (Å²) in [6.45, 7) is 8.10. The fourth-order valence-electron chi connectivity index (χ4n) is 8.47. The van der Waals surface area contributed by atoms with E-state index in [4.69, 9.17) is 32.7 Å². The van der Waals surface area contributed by atoms with E-state index >= 15 is 0 Å². The molecule has 7 rings (SSSR count). The van der Waals surface area contributed by atoms with Gasteiger partial charge in [-0.2, -0.15) is 0 Å². The number of hydrogen-bond donors (Lipinski definition) is 1. The molecule has 1 aromatic heterocycles. The van der Waals surface area contributed by atoms with Crippen LogP contribution in [0.2, 0.25) is 10.0 Å². The van der Waals surface area contributed by atoms with Crippen molar-refractivity contribution in [3.63, 3.8) is 0 Å². The average Bonchev–Trinajstić information content (AvgIpc) is 3.94. The highest BCUT2D eigenvalue weighted by Crippen LogP contribution is 2.42. The van der Waals surface area contributed by atoms with Crippen molar-refractivity contribution >= 4 is 41.1 Å². The molecule has 16 heteroatoms. The van der Waals surface area contributed by atoms with Gasteiger partial charge in [0.1, 0.15) is 12.1 Å². The lowest BCUT2D eigenvalue weighted by molar-refractivity contribution is -0.144. The Morgan fingerprint density at radius 2 is 1.60 bits per heavy atom. The van der Waals surface area contributed by atoms with Gasteiger partial charge in [-0.05, 0) is 91.0 Å². The first kappa shape index (κ1) is 40.4. The van der Waals surface area contributed by atoms with Crippen molar-refractivity contribution in [2.45, 2.75) is 43.6 Å². The molecule has 4 aromatic rings. The Morgan fingerprint density at radius 1 is 0.825 bits per heavy atom. The van der Waals surface area contributed by atoms with Gasteiger partial charge in [0.2, 0.25) is 0 Å². The maximum Gasteiger partial charge on any atom is 0.320 e. The number of likely N-dealkylation sites (tertiary alicyclic amines) is 2. The molecule has 3 saturated heterocycles. The smallest absolute Gasteiger partial charge is 0.320 e. The second kappa shape index (κ2) is 17.8. The van der Waals surface area contributed by atoms with Crippen LogP contribution in [0.25, 0.3) is 5.69 Å². The summed E-state index contributed by atoms with van der Waals surface area (Å²) in [5, 5.41) is 15.9. The van der Waals surface area contributed by atoms with Gasteiger partial charge in [-0.3, -0.25) is 14.5 Å². The summed E-state index contributed by atoms with van der Waals surface area (Å²) in [7, 11) is 1.56. The lowest BCUT2D eigenvalue weighted by Gasteiger charge is -2.45. The van der Waals surface area contributed by atoms with Crippen molar-refractivity contribution in [1.29, 1.82) is 0 Å². The molecular weight excluding hydrogens is 769 g/mol. The molecule has 1 atom stereocenters. The predicted molar refractivity (Wildman–Crippen MR) is 216 cm³/mol. The molecule has 0 saturated carbocycles. The summed E-state index contributed by atoms with van der Waals surface area (Å²) < 4.78 is 12.2. The number of aromatic nitrogens is 4. The highest BCUT2D eigenvalue weighted by Gasteiger charge is 2.44. The topological polar surface area (TPSA) is 138 Å². The van der Waals surface area contributed by atoms with E-state index in [1.54, 1.807) is 26.2 Å². The molecule has 3 aliphatic rings. The molecular formula is C41H49Cl2N9O5. The van der Waals surface area contributed by atoms with Crippen LogP contribution in [0, 0.1) is 0 Å². The number of nitrogens with zero attached hydrogens (tertiary/aromatic N) is 8. The second-order valence-electron chi connectivity index (χ2n) is 15.1. The summed E-state index contributed by atoms with van der Waals surface area (Å²) in [5.74, 6) is 0.101. The number of rotatable bonds is 12. The summed E-state index contributed by atoms with van der Waals surface area (Å²) in [6, 6.07) is 21.3. The Bertz CT molecular complexity index is 2020. The lowest BCUT2D eigenvalue weighted by atomic mass is 9.76. The molecule has 0 spiro atoms. The fraction of sp³-hybridized carbons (Fsp3) is 0.463. The van der Waals surface area contributed by atoms with Gasteiger partial charge in [-0.25, -0.2) is 9.48 Å². The van der Waals surface area contributed by atoms with E-state index in [1.807, 2.05) is 57.2 Å². The monoisotopic (exact) mass is 817 g/mol. The van der Waals surface area contributed by atoms with Crippen LogP contribution in [0.3, 0.4) is 0 Å². The molecule has 1 N–H and O–H groups in total. The van der Waals surface area contributed by atoms with Gasteiger partial charge in [-0.1, -0.05) is 59.6 Å². The zero-order chi connectivity index (χ0) is 40.0. The number of urea groups is 1. The first-order valence-corrected chi connectivity index (χ1v) is 20.3. The van der Waals surface area contributed by atoms with Crippen LogP contribution in [0.5, 0.6) is 5.75 Å². The van der Waals surface area contributed by atoms with E-state index in [0.29, 0.717) is 72.9 Å². The Labute approximate surface area is 343 Å². The number of piperidine rings is 1. The van der Waals surface area contributed by atoms with Gasteiger partial charge in [0.15, 0.2) is 0 Å². The number of ether oxygens (including phenoxy) is 2. The van der Waals surface area contributed by atoms with Crippen molar-refractivity contribution in [3.05, 3.63) is 99.8 Å². The SMILES string of the molecule is CCOC(=O)CN1CCN(C(=O)NC2(c3ccccc3)CCN(CC[C@]3(c4ccc(Cl)c(Cl)c4)CCN(C(=O)c4cc(-n5cnnn5)ccc4OC)C3)CC2)CC1. The van der Waals surface area contributed by atoms with Crippen molar-refractivity contribution in [2.24, 2.45) is 0 Å². The first-order chi connectivity index (χ1) is 27.6. The van der Waals surface area contributed by atoms with Crippen molar-refractivity contribution < 1.29 is 23.9 Å². The van der Waals surface area contributed by atoms with Gasteiger partial charge in [0.05, 0.1) is 47.1 Å². The number of amides is 3. The molecule has 4 heterocycles. The van der Waals surface area contributed by atoms with E-state index in [-0.39, 0.29) is 29.9 Å². The molecule has 0 aliphatic carbocycles. The zero-order valence-corrected chi connectivity index (χ0v) is 33.9. The van der Waals surface area contributed by atoms with Crippen LogP contribution in [-0.4, -0.2) is 137 Å². The maximum absolute atomic E-state index is 14.3. The highest BCUT2D eigenvalue weighted by atomic mass is 35.5. The number of carbonyl (C=O) groups is 3. The van der Waals surface area contributed by atoms with Gasteiger partial charge < -0.3 is 29.5 Å². The Morgan fingerprint density at radius 3 is 2.28 bits per heavy atom. The number of nitrogens with one attached hydrogen (secondary N) is 1. The largest absolute Gasteiger partial charge is 0.496 e. The molecule has 3 aromatic carbocycles. The number of piperazine rings is 1. The molecule has 0 bridgehead atoms. The van der Waals surface area contributed by atoms with E-state index in [0.717, 1.165) is 56.4 Å². The standard InChI is InChI=1S/C41H49Cl2N9O5/c1-3-57-37(53)27-49-21-23-50(24-22-49)39(55)45-41(30-7-5-4-6-8-30)15-18-48(19-16-41)17-13-40(31-9-11-34(42)35(43)25-31)14-20-51(28-40)38(54)33-26-32(10-12-36(33)56-2)52-29-44-46-47-52/h4-12,25-26,29H,3,13-24,27-28H2,1-2H3,(H,45,55)/t40-/m0/s1. The summed E-state index contributed by atoms with van der Waals surface area (Å²) in [5.41, 5.74) is 2.33. The molecule has 14 nitrogen and oxygen atoms in total. The predicted octanol–water partition coefficient (Wildman–Crippen LogP) is 5.03. The summed E-state index contributed by atoms with van der Waals surface area (Å²) in [6.07, 6.45) is 4.51. The van der Waals surface area contributed by atoms with Crippen LogP contribution < -0.4 is 10.1 Å².